The maximum Gasteiger partial charge on any atom is 0.256 e. The highest BCUT2D eigenvalue weighted by atomic mass is 16.1. The number of aryl methyl sites for hydroxylation is 2. The number of carbonyl (C=O) groups excluding carboxylic acids is 1. The molecular weight excluding hydrogens is 286 g/mol. The average Bonchev–Trinajstić information content (AvgIpc) is 2.55. The van der Waals surface area contributed by atoms with E-state index < -0.39 is 0 Å². The molecule has 0 aliphatic heterocycles. The van der Waals surface area contributed by atoms with Gasteiger partial charge in [-0.2, -0.15) is 0 Å². The van der Waals surface area contributed by atoms with Crippen LogP contribution in [0.5, 0.6) is 0 Å². The Bertz CT molecular complexity index is 650. The second-order valence-electron chi connectivity index (χ2n) is 5.82. The number of anilines is 2. The van der Waals surface area contributed by atoms with E-state index in [4.69, 9.17) is 0 Å². The van der Waals surface area contributed by atoms with Crippen LogP contribution in [-0.4, -0.2) is 17.4 Å². The predicted molar refractivity (Wildman–Crippen MR) is 96.1 cm³/mol. The molecule has 1 heterocycles. The number of nitrogens with one attached hydrogen (secondary N) is 2. The van der Waals surface area contributed by atoms with Crippen molar-refractivity contribution >= 4 is 17.4 Å². The number of rotatable bonds is 7. The van der Waals surface area contributed by atoms with Crippen LogP contribution in [0.25, 0.3) is 0 Å². The Kier molecular flexibility index (Phi) is 6.15. The molecule has 4 nitrogen and oxygen atoms in total. The van der Waals surface area contributed by atoms with Crippen LogP contribution >= 0.6 is 0 Å². The van der Waals surface area contributed by atoms with E-state index in [1.165, 1.54) is 18.4 Å². The Morgan fingerprint density at radius 1 is 1.09 bits per heavy atom. The lowest BCUT2D eigenvalue weighted by atomic mass is 10.1. The maximum atomic E-state index is 12.2. The van der Waals surface area contributed by atoms with E-state index in [0.29, 0.717) is 11.4 Å². The first kappa shape index (κ1) is 17.0. The molecule has 0 fully saturated rings. The van der Waals surface area contributed by atoms with Crippen LogP contribution in [0.3, 0.4) is 0 Å². The molecule has 0 spiro atoms. The van der Waals surface area contributed by atoms with Gasteiger partial charge in [0.05, 0.1) is 11.9 Å². The van der Waals surface area contributed by atoms with Crippen molar-refractivity contribution in [3.8, 4) is 0 Å². The molecule has 2 N–H and O–H groups in total. The number of benzene rings is 1. The predicted octanol–water partition coefficient (Wildman–Crippen LogP) is 4.55. The largest absolute Gasteiger partial charge is 0.384 e. The first-order valence-corrected chi connectivity index (χ1v) is 8.18. The molecule has 0 bridgehead atoms. The fourth-order valence-electron chi connectivity index (χ4n) is 2.25. The molecule has 0 radical (unpaired) electrons. The highest BCUT2D eigenvalue weighted by Crippen LogP contribution is 2.14. The van der Waals surface area contributed by atoms with Crippen LogP contribution in [-0.2, 0) is 0 Å². The number of hydrogen-bond donors (Lipinski definition) is 2. The van der Waals surface area contributed by atoms with Crippen LogP contribution in [0.15, 0.2) is 36.5 Å². The van der Waals surface area contributed by atoms with Gasteiger partial charge in [0.2, 0.25) is 0 Å². The lowest BCUT2D eigenvalue weighted by molar-refractivity contribution is 0.102. The minimum absolute atomic E-state index is 0.135. The van der Waals surface area contributed by atoms with Crippen molar-refractivity contribution in [1.29, 1.82) is 0 Å². The number of amides is 1. The molecule has 23 heavy (non-hydrogen) atoms. The lowest BCUT2D eigenvalue weighted by Crippen LogP contribution is -2.13. The van der Waals surface area contributed by atoms with Gasteiger partial charge in [0.15, 0.2) is 0 Å². The van der Waals surface area contributed by atoms with Gasteiger partial charge >= 0.3 is 0 Å². The molecule has 0 aliphatic rings. The zero-order valence-corrected chi connectivity index (χ0v) is 14.1. The van der Waals surface area contributed by atoms with Gasteiger partial charge in [-0.05, 0) is 55.7 Å². The molecule has 4 heteroatoms. The van der Waals surface area contributed by atoms with Crippen LogP contribution in [0.2, 0.25) is 0 Å². The van der Waals surface area contributed by atoms with Crippen LogP contribution in [0.4, 0.5) is 11.5 Å². The SMILES string of the molecule is CCCCCNc1ccc(NC(=O)c2ccc(C)c(C)c2)nc1. The molecule has 0 atom stereocenters. The second-order valence-corrected chi connectivity index (χ2v) is 5.82. The van der Waals surface area contributed by atoms with Crippen LogP contribution in [0.1, 0.15) is 47.7 Å². The summed E-state index contributed by atoms with van der Waals surface area (Å²) in [6.07, 6.45) is 5.34. The van der Waals surface area contributed by atoms with E-state index in [9.17, 15) is 4.79 Å². The maximum absolute atomic E-state index is 12.2. The molecule has 0 unspecified atom stereocenters. The Balaban J connectivity index is 1.92. The van der Waals surface area contributed by atoms with Gasteiger partial charge in [-0.15, -0.1) is 0 Å². The summed E-state index contributed by atoms with van der Waals surface area (Å²) in [4.78, 5) is 16.5. The Morgan fingerprint density at radius 2 is 1.91 bits per heavy atom. The fourth-order valence-corrected chi connectivity index (χ4v) is 2.25. The number of carbonyl (C=O) groups is 1. The summed E-state index contributed by atoms with van der Waals surface area (Å²) < 4.78 is 0. The smallest absolute Gasteiger partial charge is 0.256 e. The van der Waals surface area contributed by atoms with Crippen molar-refractivity contribution in [2.45, 2.75) is 40.0 Å². The van der Waals surface area contributed by atoms with Gasteiger partial charge in [-0.3, -0.25) is 4.79 Å². The van der Waals surface area contributed by atoms with Gasteiger partial charge < -0.3 is 10.6 Å². The van der Waals surface area contributed by atoms with Gasteiger partial charge in [0, 0.05) is 12.1 Å². The van der Waals surface area contributed by atoms with Crippen molar-refractivity contribution < 1.29 is 4.79 Å². The Hall–Kier alpha value is -2.36. The lowest BCUT2D eigenvalue weighted by Gasteiger charge is -2.08. The quantitative estimate of drug-likeness (QED) is 0.737. The van der Waals surface area contributed by atoms with Crippen molar-refractivity contribution in [2.24, 2.45) is 0 Å². The number of hydrogen-bond acceptors (Lipinski definition) is 3. The van der Waals surface area contributed by atoms with Crippen molar-refractivity contribution in [2.75, 3.05) is 17.2 Å². The molecule has 1 amide bonds. The Morgan fingerprint density at radius 3 is 2.57 bits per heavy atom. The normalized spacial score (nSPS) is 10.4. The standard InChI is InChI=1S/C19H25N3O/c1-4-5-6-11-20-17-9-10-18(21-13-17)22-19(23)16-8-7-14(2)15(3)12-16/h7-10,12-13,20H,4-6,11H2,1-3H3,(H,21,22,23). The highest BCUT2D eigenvalue weighted by molar-refractivity contribution is 6.03. The van der Waals surface area contributed by atoms with Crippen LogP contribution in [0, 0.1) is 13.8 Å². The number of unbranched alkanes of at least 4 members (excludes halogenated alkanes) is 2. The van der Waals surface area contributed by atoms with Gasteiger partial charge in [-0.1, -0.05) is 25.8 Å². The first-order valence-electron chi connectivity index (χ1n) is 8.18. The van der Waals surface area contributed by atoms with Gasteiger partial charge in [-0.25, -0.2) is 4.98 Å². The molecular formula is C19H25N3O. The van der Waals surface area contributed by atoms with Crippen molar-refractivity contribution in [1.82, 2.24) is 4.98 Å². The zero-order chi connectivity index (χ0) is 16.7. The van der Waals surface area contributed by atoms with Crippen molar-refractivity contribution in [3.63, 3.8) is 0 Å². The minimum atomic E-state index is -0.135. The zero-order valence-electron chi connectivity index (χ0n) is 14.1. The third-order valence-electron chi connectivity index (χ3n) is 3.88. The summed E-state index contributed by atoms with van der Waals surface area (Å²) in [5, 5.41) is 6.16. The average molecular weight is 311 g/mol. The second kappa shape index (κ2) is 8.32. The molecule has 122 valence electrons. The number of pyridine rings is 1. The minimum Gasteiger partial charge on any atom is -0.384 e. The third-order valence-corrected chi connectivity index (χ3v) is 3.88. The highest BCUT2D eigenvalue weighted by Gasteiger charge is 2.07. The first-order chi connectivity index (χ1) is 11.1. The number of nitrogens with zero attached hydrogens (tertiary/aromatic N) is 1. The Labute approximate surface area is 138 Å². The van der Waals surface area contributed by atoms with Gasteiger partial charge in [0.25, 0.3) is 5.91 Å². The molecule has 0 aliphatic carbocycles. The van der Waals surface area contributed by atoms with E-state index in [-0.39, 0.29) is 5.91 Å². The van der Waals surface area contributed by atoms with E-state index >= 15 is 0 Å². The summed E-state index contributed by atoms with van der Waals surface area (Å²) in [6, 6.07) is 9.45. The molecule has 0 saturated carbocycles. The molecule has 1 aromatic carbocycles. The van der Waals surface area contributed by atoms with E-state index in [0.717, 1.165) is 24.2 Å². The molecule has 1 aromatic heterocycles. The fraction of sp³-hybridized carbons (Fsp3) is 0.368. The third kappa shape index (κ3) is 5.09. The molecule has 0 saturated heterocycles. The number of aromatic nitrogens is 1. The summed E-state index contributed by atoms with van der Waals surface area (Å²) in [7, 11) is 0. The molecule has 2 rings (SSSR count). The summed E-state index contributed by atoms with van der Waals surface area (Å²) in [5.74, 6) is 0.427. The topological polar surface area (TPSA) is 54.0 Å². The van der Waals surface area contributed by atoms with E-state index in [2.05, 4.69) is 22.5 Å². The van der Waals surface area contributed by atoms with Crippen molar-refractivity contribution in [3.05, 3.63) is 53.2 Å². The summed E-state index contributed by atoms with van der Waals surface area (Å²) >= 11 is 0. The summed E-state index contributed by atoms with van der Waals surface area (Å²) in [6.45, 7) is 7.17. The van der Waals surface area contributed by atoms with Gasteiger partial charge in [0.1, 0.15) is 5.82 Å². The van der Waals surface area contributed by atoms with Crippen LogP contribution < -0.4 is 10.6 Å². The molecule has 2 aromatic rings. The summed E-state index contributed by atoms with van der Waals surface area (Å²) in [5.41, 5.74) is 3.91. The van der Waals surface area contributed by atoms with E-state index in [1.807, 2.05) is 44.2 Å². The monoisotopic (exact) mass is 311 g/mol. The van der Waals surface area contributed by atoms with E-state index in [1.54, 1.807) is 6.20 Å².